The molecule has 5 rings (SSSR count). The van der Waals surface area contributed by atoms with E-state index >= 15 is 0 Å². The molecule has 0 N–H and O–H groups in total. The predicted molar refractivity (Wildman–Crippen MR) is 116 cm³/mol. The van der Waals surface area contributed by atoms with Gasteiger partial charge in [0, 0.05) is 62.0 Å². The summed E-state index contributed by atoms with van der Waals surface area (Å²) < 4.78 is 7.30. The quantitative estimate of drug-likeness (QED) is 0.486. The molecule has 5 heterocycles. The summed E-state index contributed by atoms with van der Waals surface area (Å²) in [6.07, 6.45) is 6.69. The van der Waals surface area contributed by atoms with Gasteiger partial charge in [0.2, 0.25) is 0 Å². The molecule has 0 aliphatic carbocycles. The molecule has 1 amide bonds. The Morgan fingerprint density at radius 3 is 2.56 bits per heavy atom. The molecule has 32 heavy (non-hydrogen) atoms. The summed E-state index contributed by atoms with van der Waals surface area (Å²) in [6, 6.07) is 7.29. The highest BCUT2D eigenvalue weighted by Crippen LogP contribution is 2.21. The fraction of sp³-hybridized carbons (Fsp3) is 0.273. The molecule has 0 aromatic carbocycles. The summed E-state index contributed by atoms with van der Waals surface area (Å²) in [4.78, 5) is 34.1. The Bertz CT molecular complexity index is 1240. The molecule has 0 bridgehead atoms. The van der Waals surface area contributed by atoms with E-state index in [2.05, 4.69) is 30.0 Å². The van der Waals surface area contributed by atoms with Gasteiger partial charge in [0.15, 0.2) is 11.5 Å². The van der Waals surface area contributed by atoms with E-state index in [0.29, 0.717) is 37.6 Å². The van der Waals surface area contributed by atoms with Gasteiger partial charge in [-0.25, -0.2) is 15.0 Å². The maximum absolute atomic E-state index is 12.9. The molecule has 0 unspecified atom stereocenters. The lowest BCUT2D eigenvalue weighted by molar-refractivity contribution is 0.0736. The van der Waals surface area contributed by atoms with Gasteiger partial charge >= 0.3 is 0 Å². The van der Waals surface area contributed by atoms with Gasteiger partial charge in [0.05, 0.1) is 5.69 Å². The molecule has 162 valence electrons. The van der Waals surface area contributed by atoms with Crippen LogP contribution in [-0.4, -0.2) is 66.6 Å². The number of imidazole rings is 1. The first-order valence-electron chi connectivity index (χ1n) is 10.3. The first-order valence-corrected chi connectivity index (χ1v) is 10.3. The Morgan fingerprint density at radius 2 is 1.84 bits per heavy atom. The minimum Gasteiger partial charge on any atom is -0.355 e. The summed E-state index contributed by atoms with van der Waals surface area (Å²) in [7, 11) is 0. The number of hydrogen-bond donors (Lipinski definition) is 0. The van der Waals surface area contributed by atoms with Crippen LogP contribution >= 0.6 is 0 Å². The SMILES string of the molecule is Cc1ncn(-c2cc(N3CCN(C(=O)c4cc(-c5cccnc5)on4)CC3)ncn2)c1C. The van der Waals surface area contributed by atoms with Gasteiger partial charge in [-0.2, -0.15) is 0 Å². The highest BCUT2D eigenvalue weighted by molar-refractivity contribution is 5.93. The van der Waals surface area contributed by atoms with Gasteiger partial charge in [0.25, 0.3) is 5.91 Å². The van der Waals surface area contributed by atoms with E-state index in [4.69, 9.17) is 4.52 Å². The molecule has 1 aliphatic rings. The van der Waals surface area contributed by atoms with Crippen molar-refractivity contribution in [1.29, 1.82) is 0 Å². The summed E-state index contributed by atoms with van der Waals surface area (Å²) in [5.74, 6) is 1.99. The zero-order valence-electron chi connectivity index (χ0n) is 17.8. The number of carbonyl (C=O) groups excluding carboxylic acids is 1. The Morgan fingerprint density at radius 1 is 1.03 bits per heavy atom. The van der Waals surface area contributed by atoms with Crippen LogP contribution < -0.4 is 4.90 Å². The molecule has 10 nitrogen and oxygen atoms in total. The molecule has 0 spiro atoms. The van der Waals surface area contributed by atoms with E-state index in [-0.39, 0.29) is 5.91 Å². The van der Waals surface area contributed by atoms with Crippen LogP contribution in [-0.2, 0) is 0 Å². The van der Waals surface area contributed by atoms with Crippen LogP contribution in [0.2, 0.25) is 0 Å². The second-order valence-corrected chi connectivity index (χ2v) is 7.62. The second-order valence-electron chi connectivity index (χ2n) is 7.62. The molecule has 1 aliphatic heterocycles. The zero-order chi connectivity index (χ0) is 22.1. The third-order valence-electron chi connectivity index (χ3n) is 5.70. The van der Waals surface area contributed by atoms with Crippen molar-refractivity contribution >= 4 is 11.7 Å². The smallest absolute Gasteiger partial charge is 0.276 e. The van der Waals surface area contributed by atoms with Gasteiger partial charge in [-0.05, 0) is 26.0 Å². The number of piperazine rings is 1. The van der Waals surface area contributed by atoms with Crippen LogP contribution in [0.25, 0.3) is 17.1 Å². The van der Waals surface area contributed by atoms with Gasteiger partial charge in [-0.1, -0.05) is 5.16 Å². The third-order valence-corrected chi connectivity index (χ3v) is 5.70. The third kappa shape index (κ3) is 3.70. The van der Waals surface area contributed by atoms with E-state index in [9.17, 15) is 4.79 Å². The molecular weight excluding hydrogens is 408 g/mol. The number of amides is 1. The Hall–Kier alpha value is -4.08. The molecule has 0 saturated carbocycles. The fourth-order valence-electron chi connectivity index (χ4n) is 3.69. The van der Waals surface area contributed by atoms with Crippen molar-refractivity contribution in [3.63, 3.8) is 0 Å². The predicted octanol–water partition coefficient (Wildman–Crippen LogP) is 2.29. The van der Waals surface area contributed by atoms with Gasteiger partial charge in [-0.15, -0.1) is 0 Å². The van der Waals surface area contributed by atoms with E-state index in [1.54, 1.807) is 36.0 Å². The Balaban J connectivity index is 1.26. The summed E-state index contributed by atoms with van der Waals surface area (Å²) in [5.41, 5.74) is 3.10. The van der Waals surface area contributed by atoms with Crippen LogP contribution in [0.1, 0.15) is 21.9 Å². The van der Waals surface area contributed by atoms with Crippen molar-refractivity contribution in [1.82, 2.24) is 34.6 Å². The van der Waals surface area contributed by atoms with Crippen LogP contribution in [0.3, 0.4) is 0 Å². The van der Waals surface area contributed by atoms with E-state index in [1.165, 1.54) is 0 Å². The van der Waals surface area contributed by atoms with Crippen molar-refractivity contribution in [2.75, 3.05) is 31.1 Å². The van der Waals surface area contributed by atoms with Crippen LogP contribution in [0.4, 0.5) is 5.82 Å². The Kier molecular flexibility index (Phi) is 5.10. The van der Waals surface area contributed by atoms with Crippen molar-refractivity contribution in [3.05, 3.63) is 66.4 Å². The molecule has 4 aromatic rings. The highest BCUT2D eigenvalue weighted by Gasteiger charge is 2.25. The van der Waals surface area contributed by atoms with Crippen molar-refractivity contribution in [2.45, 2.75) is 13.8 Å². The maximum Gasteiger partial charge on any atom is 0.276 e. The first-order chi connectivity index (χ1) is 15.6. The average molecular weight is 430 g/mol. The second kappa shape index (κ2) is 8.22. The number of pyridine rings is 1. The lowest BCUT2D eigenvalue weighted by Gasteiger charge is -2.35. The van der Waals surface area contributed by atoms with E-state index in [0.717, 1.165) is 28.6 Å². The highest BCUT2D eigenvalue weighted by atomic mass is 16.5. The van der Waals surface area contributed by atoms with Crippen molar-refractivity contribution in [3.8, 4) is 17.1 Å². The topological polar surface area (TPSA) is 106 Å². The van der Waals surface area contributed by atoms with E-state index in [1.807, 2.05) is 36.6 Å². The number of aromatic nitrogens is 6. The molecule has 1 fully saturated rings. The lowest BCUT2D eigenvalue weighted by atomic mass is 10.2. The number of rotatable bonds is 4. The van der Waals surface area contributed by atoms with Crippen LogP contribution in [0.5, 0.6) is 0 Å². The minimum absolute atomic E-state index is 0.142. The number of hydrogen-bond acceptors (Lipinski definition) is 8. The number of anilines is 1. The standard InChI is InChI=1S/C22H22N8O2/c1-15-16(2)30(14-26-15)21-11-20(24-13-25-21)28-6-8-29(9-7-28)22(31)18-10-19(32-27-18)17-4-3-5-23-12-17/h3-5,10-14H,6-9H2,1-2H3. The summed E-state index contributed by atoms with van der Waals surface area (Å²) >= 11 is 0. The average Bonchev–Trinajstić information content (AvgIpc) is 3.47. The van der Waals surface area contributed by atoms with E-state index < -0.39 is 0 Å². The summed E-state index contributed by atoms with van der Waals surface area (Å²) in [6.45, 7) is 6.44. The van der Waals surface area contributed by atoms with Gasteiger partial charge in [0.1, 0.15) is 24.3 Å². The van der Waals surface area contributed by atoms with Crippen LogP contribution in [0, 0.1) is 13.8 Å². The normalized spacial score (nSPS) is 14.1. The Labute approximate surface area is 184 Å². The number of nitrogens with zero attached hydrogens (tertiary/aromatic N) is 8. The molecular formula is C22H22N8O2. The molecule has 10 heteroatoms. The van der Waals surface area contributed by atoms with Gasteiger partial charge < -0.3 is 14.3 Å². The number of carbonyl (C=O) groups is 1. The number of aryl methyl sites for hydroxylation is 1. The van der Waals surface area contributed by atoms with Gasteiger partial charge in [-0.3, -0.25) is 14.3 Å². The molecule has 1 saturated heterocycles. The first kappa shape index (κ1) is 19.9. The largest absolute Gasteiger partial charge is 0.355 e. The fourth-order valence-corrected chi connectivity index (χ4v) is 3.69. The lowest BCUT2D eigenvalue weighted by Crippen LogP contribution is -2.49. The molecule has 0 radical (unpaired) electrons. The zero-order valence-corrected chi connectivity index (χ0v) is 17.8. The molecule has 4 aromatic heterocycles. The summed E-state index contributed by atoms with van der Waals surface area (Å²) in [5, 5.41) is 3.96. The monoisotopic (exact) mass is 430 g/mol. The minimum atomic E-state index is -0.142. The van der Waals surface area contributed by atoms with Crippen LogP contribution in [0.15, 0.2) is 53.8 Å². The molecule has 0 atom stereocenters. The van der Waals surface area contributed by atoms with Crippen molar-refractivity contribution in [2.24, 2.45) is 0 Å². The van der Waals surface area contributed by atoms with Crippen molar-refractivity contribution < 1.29 is 9.32 Å². The maximum atomic E-state index is 12.9.